The Morgan fingerprint density at radius 1 is 1.39 bits per heavy atom. The minimum absolute atomic E-state index is 0.486. The van der Waals surface area contributed by atoms with Gasteiger partial charge in [-0.05, 0) is 38.6 Å². The number of nitrogens with zero attached hydrogens (tertiary/aromatic N) is 2. The highest BCUT2D eigenvalue weighted by Gasteiger charge is 2.24. The van der Waals surface area contributed by atoms with E-state index in [9.17, 15) is 0 Å². The van der Waals surface area contributed by atoms with Crippen molar-refractivity contribution in [2.45, 2.75) is 25.8 Å². The van der Waals surface area contributed by atoms with E-state index < -0.39 is 0 Å². The average Bonchev–Trinajstić information content (AvgIpc) is 2.51. The van der Waals surface area contributed by atoms with Crippen molar-refractivity contribution in [3.05, 3.63) is 23.2 Å². The molecule has 100 valence electrons. The van der Waals surface area contributed by atoms with E-state index in [1.165, 1.54) is 0 Å². The molecular weight excluding hydrogens is 246 g/mol. The zero-order chi connectivity index (χ0) is 13.1. The minimum Gasteiger partial charge on any atom is -0.397 e. The van der Waals surface area contributed by atoms with E-state index in [-0.39, 0.29) is 0 Å². The lowest BCUT2D eigenvalue weighted by Crippen LogP contribution is -2.40. The van der Waals surface area contributed by atoms with Crippen molar-refractivity contribution >= 4 is 23.0 Å². The van der Waals surface area contributed by atoms with Crippen LogP contribution in [0.5, 0.6) is 0 Å². The van der Waals surface area contributed by atoms with E-state index >= 15 is 0 Å². The number of benzene rings is 1. The summed E-state index contributed by atoms with van der Waals surface area (Å²) < 4.78 is 0. The second-order valence-corrected chi connectivity index (χ2v) is 5.46. The van der Waals surface area contributed by atoms with Gasteiger partial charge in [0.25, 0.3) is 0 Å². The van der Waals surface area contributed by atoms with Crippen LogP contribution in [0.3, 0.4) is 0 Å². The summed E-state index contributed by atoms with van der Waals surface area (Å²) in [6, 6.07) is 6.25. The highest BCUT2D eigenvalue weighted by molar-refractivity contribution is 6.34. The summed E-state index contributed by atoms with van der Waals surface area (Å²) in [5, 5.41) is 0.762. The summed E-state index contributed by atoms with van der Waals surface area (Å²) >= 11 is 6.34. The van der Waals surface area contributed by atoms with E-state index in [1.54, 1.807) is 0 Å². The Hall–Kier alpha value is -0.930. The molecule has 1 aromatic carbocycles. The van der Waals surface area contributed by atoms with Crippen molar-refractivity contribution in [1.82, 2.24) is 4.90 Å². The van der Waals surface area contributed by atoms with Crippen molar-refractivity contribution in [3.63, 3.8) is 0 Å². The van der Waals surface area contributed by atoms with E-state index in [4.69, 9.17) is 17.3 Å². The highest BCUT2D eigenvalue weighted by atomic mass is 35.5. The first-order valence-corrected chi connectivity index (χ1v) is 7.00. The van der Waals surface area contributed by atoms with E-state index in [0.29, 0.717) is 6.04 Å². The van der Waals surface area contributed by atoms with Crippen LogP contribution in [0.2, 0.25) is 5.02 Å². The number of nitrogens with two attached hydrogens (primary N) is 1. The molecule has 1 heterocycles. The molecule has 18 heavy (non-hydrogen) atoms. The van der Waals surface area contributed by atoms with Crippen molar-refractivity contribution in [3.8, 4) is 0 Å². The molecule has 2 rings (SSSR count). The Morgan fingerprint density at radius 3 is 2.83 bits per heavy atom. The summed E-state index contributed by atoms with van der Waals surface area (Å²) in [6.45, 7) is 5.46. The van der Waals surface area contributed by atoms with Gasteiger partial charge in [0.05, 0.1) is 16.4 Å². The van der Waals surface area contributed by atoms with Crippen LogP contribution >= 0.6 is 11.6 Å². The van der Waals surface area contributed by atoms with Crippen molar-refractivity contribution in [1.29, 1.82) is 0 Å². The van der Waals surface area contributed by atoms with E-state index in [2.05, 4.69) is 23.8 Å². The van der Waals surface area contributed by atoms with Gasteiger partial charge in [-0.25, -0.2) is 0 Å². The summed E-state index contributed by atoms with van der Waals surface area (Å²) in [4.78, 5) is 4.78. The maximum absolute atomic E-state index is 6.34. The van der Waals surface area contributed by atoms with Crippen LogP contribution in [-0.2, 0) is 0 Å². The molecule has 0 bridgehead atoms. The summed E-state index contributed by atoms with van der Waals surface area (Å²) in [6.07, 6.45) is 2.26. The zero-order valence-electron chi connectivity index (χ0n) is 11.2. The third kappa shape index (κ3) is 2.73. The molecule has 0 saturated carbocycles. The van der Waals surface area contributed by atoms with Crippen LogP contribution in [0.15, 0.2) is 18.2 Å². The molecule has 2 N–H and O–H groups in total. The number of halogens is 1. The molecule has 0 radical (unpaired) electrons. The smallest absolute Gasteiger partial charge is 0.0792 e. The van der Waals surface area contributed by atoms with Crippen LogP contribution in [0.25, 0.3) is 0 Å². The second-order valence-electron chi connectivity index (χ2n) is 5.05. The van der Waals surface area contributed by atoms with Gasteiger partial charge >= 0.3 is 0 Å². The molecule has 0 spiro atoms. The van der Waals surface area contributed by atoms with Crippen LogP contribution in [0.1, 0.15) is 19.8 Å². The molecule has 1 aliphatic rings. The monoisotopic (exact) mass is 267 g/mol. The summed E-state index contributed by atoms with van der Waals surface area (Å²) in [5.41, 5.74) is 7.91. The number of anilines is 2. The maximum atomic E-state index is 6.34. The van der Waals surface area contributed by atoms with Crippen molar-refractivity contribution in [2.75, 3.05) is 37.3 Å². The number of hydrogen-bond acceptors (Lipinski definition) is 3. The molecule has 1 atom stereocenters. The molecule has 1 unspecified atom stereocenters. The Kier molecular flexibility index (Phi) is 4.36. The van der Waals surface area contributed by atoms with Crippen LogP contribution in [0.4, 0.5) is 11.4 Å². The highest BCUT2D eigenvalue weighted by Crippen LogP contribution is 2.34. The van der Waals surface area contributed by atoms with Crippen molar-refractivity contribution in [2.24, 2.45) is 0 Å². The molecule has 1 fully saturated rings. The number of para-hydroxylation sites is 1. The molecule has 1 aromatic rings. The van der Waals surface area contributed by atoms with Gasteiger partial charge in [-0.2, -0.15) is 0 Å². The largest absolute Gasteiger partial charge is 0.397 e. The average molecular weight is 268 g/mol. The Morgan fingerprint density at radius 2 is 2.17 bits per heavy atom. The Balaban J connectivity index is 2.34. The normalized spacial score (nSPS) is 21.9. The molecule has 3 nitrogen and oxygen atoms in total. The van der Waals surface area contributed by atoms with Crippen LogP contribution in [0, 0.1) is 0 Å². The molecule has 4 heteroatoms. The van der Waals surface area contributed by atoms with Crippen LogP contribution in [-0.4, -0.2) is 37.6 Å². The Labute approximate surface area is 115 Å². The number of hydrogen-bond donors (Lipinski definition) is 1. The quantitative estimate of drug-likeness (QED) is 0.837. The molecule has 1 saturated heterocycles. The fourth-order valence-electron chi connectivity index (χ4n) is 2.72. The Bertz CT molecular complexity index is 388. The van der Waals surface area contributed by atoms with Gasteiger partial charge < -0.3 is 15.5 Å². The van der Waals surface area contributed by atoms with Crippen molar-refractivity contribution < 1.29 is 0 Å². The summed E-state index contributed by atoms with van der Waals surface area (Å²) in [5.74, 6) is 0. The minimum atomic E-state index is 0.486. The number of likely N-dealkylation sites (N-methyl/N-ethyl adjacent to an activating group) is 1. The zero-order valence-corrected chi connectivity index (χ0v) is 12.0. The lowest BCUT2D eigenvalue weighted by Gasteiger charge is -2.33. The molecule has 0 aromatic heterocycles. The van der Waals surface area contributed by atoms with Gasteiger partial charge in [-0.15, -0.1) is 0 Å². The standard InChI is InChI=1S/C14H22ClN3/c1-3-11-10-17(2)8-5-9-18(11)14-12(15)6-4-7-13(14)16/h4,6-7,11H,3,5,8-10,16H2,1-2H3. The predicted molar refractivity (Wildman–Crippen MR) is 79.4 cm³/mol. The number of rotatable bonds is 2. The van der Waals surface area contributed by atoms with Crippen LogP contribution < -0.4 is 10.6 Å². The van der Waals surface area contributed by atoms with E-state index in [0.717, 1.165) is 48.9 Å². The fraction of sp³-hybridized carbons (Fsp3) is 0.571. The fourth-order valence-corrected chi connectivity index (χ4v) is 3.01. The van der Waals surface area contributed by atoms with E-state index in [1.807, 2.05) is 18.2 Å². The molecule has 0 aliphatic carbocycles. The first kappa shape index (κ1) is 13.5. The summed E-state index contributed by atoms with van der Waals surface area (Å²) in [7, 11) is 2.18. The predicted octanol–water partition coefficient (Wildman–Crippen LogP) is 2.84. The first-order valence-electron chi connectivity index (χ1n) is 6.62. The number of nitrogen functional groups attached to an aromatic ring is 1. The first-order chi connectivity index (χ1) is 8.63. The second kappa shape index (κ2) is 5.81. The van der Waals surface area contributed by atoms with Gasteiger partial charge in [0.15, 0.2) is 0 Å². The van der Waals surface area contributed by atoms with Gasteiger partial charge in [-0.3, -0.25) is 0 Å². The maximum Gasteiger partial charge on any atom is 0.0792 e. The topological polar surface area (TPSA) is 32.5 Å². The molecular formula is C14H22ClN3. The molecule has 1 aliphatic heterocycles. The lowest BCUT2D eigenvalue weighted by molar-refractivity contribution is 0.328. The van der Waals surface area contributed by atoms with Gasteiger partial charge in [-0.1, -0.05) is 24.6 Å². The molecule has 0 amide bonds. The lowest BCUT2D eigenvalue weighted by atomic mass is 10.1. The van der Waals surface area contributed by atoms with Gasteiger partial charge in [0, 0.05) is 19.1 Å². The van der Waals surface area contributed by atoms with Gasteiger partial charge in [0.1, 0.15) is 0 Å². The third-order valence-electron chi connectivity index (χ3n) is 3.68. The SMILES string of the molecule is CCC1CN(C)CCCN1c1c(N)cccc1Cl. The van der Waals surface area contributed by atoms with Gasteiger partial charge in [0.2, 0.25) is 0 Å². The third-order valence-corrected chi connectivity index (χ3v) is 3.98.